The molecule has 4 nitrogen and oxygen atoms in total. The predicted octanol–water partition coefficient (Wildman–Crippen LogP) is 1.87. The van der Waals surface area contributed by atoms with Gasteiger partial charge in [0.15, 0.2) is 0 Å². The van der Waals surface area contributed by atoms with Crippen molar-refractivity contribution >= 4 is 23.3 Å². The van der Waals surface area contributed by atoms with E-state index in [0.29, 0.717) is 31.7 Å². The molecule has 110 valence electrons. The van der Waals surface area contributed by atoms with Crippen molar-refractivity contribution in [3.63, 3.8) is 0 Å². The van der Waals surface area contributed by atoms with Crippen molar-refractivity contribution in [2.45, 2.75) is 19.0 Å². The Kier molecular flexibility index (Phi) is 4.08. The molecule has 0 aromatic carbocycles. The van der Waals surface area contributed by atoms with Crippen LogP contribution in [0.5, 0.6) is 0 Å². The number of hydrogen-bond donors (Lipinski definition) is 1. The number of aromatic amines is 1. The highest BCUT2D eigenvalue weighted by Crippen LogP contribution is 2.33. The maximum atomic E-state index is 12.5. The lowest BCUT2D eigenvalue weighted by molar-refractivity contribution is -0.367. The Balaban J connectivity index is 2.13. The molecule has 0 saturated carbocycles. The standard InChI is InChI=1S/C12H13ClF3N3O/c13-9-5-8(12(14,15)16)6-18-11(9)19-3-1-7(2-4-19)10(17)20/h5-7H,1-4H2,(H2,17,20)/p+1. The molecule has 2 heterocycles. The number of primary amides is 1. The van der Waals surface area contributed by atoms with Crippen LogP contribution in [0.1, 0.15) is 18.4 Å². The molecular formula is C12H14ClF3N3O+. The van der Waals surface area contributed by atoms with Gasteiger partial charge in [-0.1, -0.05) is 11.6 Å². The molecule has 2 rings (SSSR count). The third-order valence-corrected chi connectivity index (χ3v) is 3.70. The highest BCUT2D eigenvalue weighted by molar-refractivity contribution is 6.32. The summed E-state index contributed by atoms with van der Waals surface area (Å²) in [6.07, 6.45) is -2.40. The molecule has 1 aliphatic rings. The van der Waals surface area contributed by atoms with Gasteiger partial charge in [-0.05, 0) is 18.9 Å². The number of nitrogens with one attached hydrogen (secondary N) is 1. The minimum absolute atomic E-state index is 0.0114. The number of aromatic nitrogens is 1. The Morgan fingerprint density at radius 3 is 2.45 bits per heavy atom. The fourth-order valence-corrected chi connectivity index (χ4v) is 2.55. The molecule has 20 heavy (non-hydrogen) atoms. The van der Waals surface area contributed by atoms with Crippen molar-refractivity contribution in [3.05, 3.63) is 22.8 Å². The van der Waals surface area contributed by atoms with Gasteiger partial charge in [0.2, 0.25) is 5.91 Å². The molecule has 0 unspecified atom stereocenters. The summed E-state index contributed by atoms with van der Waals surface area (Å²) in [5.41, 5.74) is 4.41. The van der Waals surface area contributed by atoms with E-state index >= 15 is 0 Å². The lowest BCUT2D eigenvalue weighted by Gasteiger charge is -2.26. The van der Waals surface area contributed by atoms with Crippen LogP contribution >= 0.6 is 11.6 Å². The third kappa shape index (κ3) is 3.15. The van der Waals surface area contributed by atoms with Crippen LogP contribution in [0, 0.1) is 5.92 Å². The summed E-state index contributed by atoms with van der Waals surface area (Å²) in [7, 11) is 0. The molecular weight excluding hydrogens is 295 g/mol. The number of nitrogens with two attached hydrogens (primary N) is 1. The summed E-state index contributed by atoms with van der Waals surface area (Å²) in [4.78, 5) is 15.5. The first-order valence-electron chi connectivity index (χ1n) is 6.11. The Morgan fingerprint density at radius 2 is 2.00 bits per heavy atom. The van der Waals surface area contributed by atoms with Gasteiger partial charge in [0.05, 0.1) is 18.7 Å². The normalized spacial score (nSPS) is 17.3. The summed E-state index contributed by atoms with van der Waals surface area (Å²) in [5.74, 6) is -0.0887. The number of H-pyrrole nitrogens is 1. The van der Waals surface area contributed by atoms with Gasteiger partial charge in [-0.3, -0.25) is 9.69 Å². The fourth-order valence-electron chi connectivity index (χ4n) is 2.26. The van der Waals surface area contributed by atoms with Crippen molar-refractivity contribution in [1.82, 2.24) is 0 Å². The van der Waals surface area contributed by atoms with E-state index in [0.717, 1.165) is 12.3 Å². The van der Waals surface area contributed by atoms with E-state index in [1.54, 1.807) is 0 Å². The molecule has 1 saturated heterocycles. The van der Waals surface area contributed by atoms with Crippen molar-refractivity contribution in [2.75, 3.05) is 18.0 Å². The first-order valence-corrected chi connectivity index (χ1v) is 6.49. The SMILES string of the molecule is NC(=O)C1CCN(c2[nH+]cc(C(F)(F)F)cc2Cl)CC1. The molecule has 3 N–H and O–H groups in total. The maximum absolute atomic E-state index is 12.5. The molecule has 0 radical (unpaired) electrons. The van der Waals surface area contributed by atoms with Gasteiger partial charge < -0.3 is 5.73 Å². The van der Waals surface area contributed by atoms with Crippen LogP contribution in [0.3, 0.4) is 0 Å². The number of anilines is 1. The van der Waals surface area contributed by atoms with Gasteiger partial charge in [0, 0.05) is 5.92 Å². The number of pyridine rings is 1. The largest absolute Gasteiger partial charge is 0.419 e. The van der Waals surface area contributed by atoms with Crippen molar-refractivity contribution in [3.8, 4) is 0 Å². The highest BCUT2D eigenvalue weighted by Gasteiger charge is 2.35. The smallest absolute Gasteiger partial charge is 0.369 e. The Hall–Kier alpha value is -1.50. The molecule has 1 amide bonds. The van der Waals surface area contributed by atoms with Crippen LogP contribution in [0.25, 0.3) is 0 Å². The van der Waals surface area contributed by atoms with Gasteiger partial charge in [0.25, 0.3) is 5.82 Å². The molecule has 8 heteroatoms. The van der Waals surface area contributed by atoms with Crippen LogP contribution in [0.4, 0.5) is 19.0 Å². The summed E-state index contributed by atoms with van der Waals surface area (Å²) < 4.78 is 37.6. The average Bonchev–Trinajstić information content (AvgIpc) is 2.37. The lowest BCUT2D eigenvalue weighted by Crippen LogP contribution is -2.41. The minimum Gasteiger partial charge on any atom is -0.369 e. The summed E-state index contributed by atoms with van der Waals surface area (Å²) >= 11 is 5.90. The first kappa shape index (κ1) is 14.9. The molecule has 0 bridgehead atoms. The second-order valence-electron chi connectivity index (χ2n) is 4.75. The average molecular weight is 309 g/mol. The van der Waals surface area contributed by atoms with Crippen LogP contribution in [-0.4, -0.2) is 19.0 Å². The van der Waals surface area contributed by atoms with Crippen LogP contribution < -0.4 is 15.6 Å². The number of amides is 1. The third-order valence-electron chi connectivity index (χ3n) is 3.41. The zero-order chi connectivity index (χ0) is 14.9. The number of carbonyl (C=O) groups excluding carboxylic acids is 1. The summed E-state index contributed by atoms with van der Waals surface area (Å²) in [6, 6.07) is 0.896. The van der Waals surface area contributed by atoms with E-state index in [2.05, 4.69) is 4.98 Å². The van der Waals surface area contributed by atoms with Gasteiger partial charge in [-0.15, -0.1) is 0 Å². The first-order chi connectivity index (χ1) is 9.29. The molecule has 0 atom stereocenters. The van der Waals surface area contributed by atoms with E-state index in [1.807, 2.05) is 4.90 Å². The zero-order valence-electron chi connectivity index (χ0n) is 10.5. The van der Waals surface area contributed by atoms with E-state index in [4.69, 9.17) is 17.3 Å². The van der Waals surface area contributed by atoms with Gasteiger partial charge >= 0.3 is 6.18 Å². The minimum atomic E-state index is -4.43. The quantitative estimate of drug-likeness (QED) is 0.907. The number of halogens is 4. The van der Waals surface area contributed by atoms with E-state index < -0.39 is 11.7 Å². The Labute approximate surface area is 118 Å². The molecule has 0 spiro atoms. The Bertz CT molecular complexity index is 513. The highest BCUT2D eigenvalue weighted by atomic mass is 35.5. The van der Waals surface area contributed by atoms with Crippen molar-refractivity contribution in [1.29, 1.82) is 0 Å². The molecule has 0 aliphatic carbocycles. The zero-order valence-corrected chi connectivity index (χ0v) is 11.3. The van der Waals surface area contributed by atoms with Crippen LogP contribution in [0.15, 0.2) is 12.3 Å². The van der Waals surface area contributed by atoms with Crippen molar-refractivity contribution < 1.29 is 22.9 Å². The monoisotopic (exact) mass is 308 g/mol. The predicted molar refractivity (Wildman–Crippen MR) is 67.1 cm³/mol. The van der Waals surface area contributed by atoms with Gasteiger partial charge in [0.1, 0.15) is 11.2 Å². The number of alkyl halides is 3. The Morgan fingerprint density at radius 1 is 1.40 bits per heavy atom. The van der Waals surface area contributed by atoms with Crippen molar-refractivity contribution in [2.24, 2.45) is 11.7 Å². The van der Waals surface area contributed by atoms with E-state index in [9.17, 15) is 18.0 Å². The second-order valence-corrected chi connectivity index (χ2v) is 5.15. The molecule has 1 aliphatic heterocycles. The topological polar surface area (TPSA) is 60.5 Å². The molecule has 1 aromatic rings. The molecule has 1 aromatic heterocycles. The number of piperidine rings is 1. The number of rotatable bonds is 2. The van der Waals surface area contributed by atoms with E-state index in [1.165, 1.54) is 0 Å². The maximum Gasteiger partial charge on any atom is 0.419 e. The molecule has 1 fully saturated rings. The van der Waals surface area contributed by atoms with Gasteiger partial charge in [-0.2, -0.15) is 13.2 Å². The van der Waals surface area contributed by atoms with Crippen LogP contribution in [-0.2, 0) is 11.0 Å². The van der Waals surface area contributed by atoms with Crippen LogP contribution in [0.2, 0.25) is 5.02 Å². The number of nitrogens with zero attached hydrogens (tertiary/aromatic N) is 1. The van der Waals surface area contributed by atoms with Gasteiger partial charge in [-0.25, -0.2) is 4.98 Å². The van der Waals surface area contributed by atoms with E-state index in [-0.39, 0.29) is 16.8 Å². The summed E-state index contributed by atoms with van der Waals surface area (Å²) in [6.45, 7) is 1.05. The number of carbonyl (C=O) groups is 1. The second kappa shape index (κ2) is 5.47. The summed E-state index contributed by atoms with van der Waals surface area (Å²) in [5, 5.41) is 0.0114. The lowest BCUT2D eigenvalue weighted by atomic mass is 9.96. The fraction of sp³-hybridized carbons (Fsp3) is 0.500. The number of hydrogen-bond acceptors (Lipinski definition) is 2.